The molecule has 118 valence electrons. The van der Waals surface area contributed by atoms with Gasteiger partial charge in [0.15, 0.2) is 0 Å². The smallest absolute Gasteiger partial charge is 0.369 e. The van der Waals surface area contributed by atoms with Crippen molar-refractivity contribution in [3.8, 4) is 0 Å². The highest BCUT2D eigenvalue weighted by molar-refractivity contribution is 14.1. The van der Waals surface area contributed by atoms with Crippen molar-refractivity contribution in [1.29, 1.82) is 0 Å². The van der Waals surface area contributed by atoms with Crippen molar-refractivity contribution in [2.75, 3.05) is 0 Å². The Bertz CT molecular complexity index is 687. The highest BCUT2D eigenvalue weighted by atomic mass is 127. The Balaban J connectivity index is 2.57. The van der Waals surface area contributed by atoms with Crippen LogP contribution >= 0.6 is 34.2 Å². The summed E-state index contributed by atoms with van der Waals surface area (Å²) < 4.78 is 39.0. The number of primary amides is 1. The lowest BCUT2D eigenvalue weighted by atomic mass is 9.72. The van der Waals surface area contributed by atoms with Gasteiger partial charge in [0.1, 0.15) is 11.1 Å². The van der Waals surface area contributed by atoms with Crippen LogP contribution in [0.25, 0.3) is 0 Å². The fraction of sp³-hybridized carbons (Fsp3) is 0.286. The molecule has 0 spiro atoms. The molecule has 0 aromatic heterocycles. The molecule has 1 aromatic carbocycles. The molecular formula is C14H11ClF3IN2O. The number of carbonyl (C=O) groups is 1. The van der Waals surface area contributed by atoms with Gasteiger partial charge < -0.3 is 5.73 Å². The number of dihydropyridines is 1. The molecule has 1 aliphatic rings. The maximum absolute atomic E-state index is 12.8. The molecule has 0 radical (unpaired) electrons. The molecule has 0 aliphatic carbocycles. The quantitative estimate of drug-likeness (QED) is 0.699. The van der Waals surface area contributed by atoms with E-state index in [-0.39, 0.29) is 0 Å². The average molecular weight is 443 g/mol. The number of nitrogens with zero attached hydrogens (tertiary/aromatic N) is 1. The van der Waals surface area contributed by atoms with E-state index in [0.717, 1.165) is 6.08 Å². The summed E-state index contributed by atoms with van der Waals surface area (Å²) in [5.74, 6) is -0.764. The van der Waals surface area contributed by atoms with Crippen LogP contribution in [0.3, 0.4) is 0 Å². The molecule has 1 aliphatic heterocycles. The molecule has 1 amide bonds. The first-order valence-electron chi connectivity index (χ1n) is 6.18. The molecule has 8 heteroatoms. The number of hydrogen-bond donors (Lipinski definition) is 1. The minimum Gasteiger partial charge on any atom is -0.369 e. The SMILES string of the molecule is CC1N=C(C(F)(F)F)C=CC1(C(N)=O)c1ccc(Cl)c(I)c1. The highest BCUT2D eigenvalue weighted by Gasteiger charge is 2.47. The van der Waals surface area contributed by atoms with Gasteiger partial charge in [0.05, 0.1) is 11.1 Å². The van der Waals surface area contributed by atoms with Gasteiger partial charge in [-0.25, -0.2) is 0 Å². The summed E-state index contributed by atoms with van der Waals surface area (Å²) in [5, 5.41) is 0.482. The third kappa shape index (κ3) is 2.88. The molecule has 3 nitrogen and oxygen atoms in total. The average Bonchev–Trinajstić information content (AvgIpc) is 2.40. The van der Waals surface area contributed by atoms with Gasteiger partial charge in [-0.05, 0) is 53.3 Å². The molecule has 2 rings (SSSR count). The van der Waals surface area contributed by atoms with Gasteiger partial charge >= 0.3 is 6.18 Å². The van der Waals surface area contributed by atoms with Crippen molar-refractivity contribution in [1.82, 2.24) is 0 Å². The summed E-state index contributed by atoms with van der Waals surface area (Å²) in [6, 6.07) is 3.79. The van der Waals surface area contributed by atoms with E-state index in [1.54, 1.807) is 18.2 Å². The van der Waals surface area contributed by atoms with E-state index in [9.17, 15) is 18.0 Å². The molecule has 2 N–H and O–H groups in total. The van der Waals surface area contributed by atoms with Crippen LogP contribution in [0, 0.1) is 3.57 Å². The Kier molecular flexibility index (Phi) is 4.59. The third-order valence-corrected chi connectivity index (χ3v) is 5.13. The number of rotatable bonds is 2. The van der Waals surface area contributed by atoms with Crippen LogP contribution in [0.15, 0.2) is 35.3 Å². The number of benzene rings is 1. The lowest BCUT2D eigenvalue weighted by Gasteiger charge is -2.35. The van der Waals surface area contributed by atoms with Gasteiger partial charge in [-0.3, -0.25) is 9.79 Å². The molecule has 0 saturated heterocycles. The Labute approximate surface area is 143 Å². The van der Waals surface area contributed by atoms with Crippen molar-refractivity contribution in [2.45, 2.75) is 24.6 Å². The Morgan fingerprint density at radius 1 is 1.45 bits per heavy atom. The number of nitrogens with two attached hydrogens (primary N) is 1. The van der Waals surface area contributed by atoms with Gasteiger partial charge in [0, 0.05) is 3.57 Å². The van der Waals surface area contributed by atoms with E-state index in [0.29, 0.717) is 14.2 Å². The summed E-state index contributed by atoms with van der Waals surface area (Å²) in [6.07, 6.45) is -2.59. The summed E-state index contributed by atoms with van der Waals surface area (Å²) in [4.78, 5) is 15.7. The summed E-state index contributed by atoms with van der Waals surface area (Å²) in [7, 11) is 0. The Hall–Kier alpha value is -1.09. The minimum atomic E-state index is -4.57. The van der Waals surface area contributed by atoms with Crippen LogP contribution in [0.5, 0.6) is 0 Å². The summed E-state index contributed by atoms with van der Waals surface area (Å²) >= 11 is 7.92. The molecule has 2 unspecified atom stereocenters. The number of hydrogen-bond acceptors (Lipinski definition) is 2. The molecule has 2 atom stereocenters. The first kappa shape index (κ1) is 17.3. The van der Waals surface area contributed by atoms with Gasteiger partial charge in [-0.1, -0.05) is 23.7 Å². The topological polar surface area (TPSA) is 55.4 Å². The molecule has 1 heterocycles. The zero-order valence-electron chi connectivity index (χ0n) is 11.3. The largest absolute Gasteiger partial charge is 0.432 e. The molecule has 0 bridgehead atoms. The van der Waals surface area contributed by atoms with Crippen LogP contribution in [-0.2, 0) is 10.2 Å². The van der Waals surface area contributed by atoms with Crippen molar-refractivity contribution >= 4 is 45.8 Å². The lowest BCUT2D eigenvalue weighted by Crippen LogP contribution is -2.49. The number of amides is 1. The predicted octanol–water partition coefficient (Wildman–Crippen LogP) is 3.63. The maximum atomic E-state index is 12.8. The van der Waals surface area contributed by atoms with Crippen LogP contribution < -0.4 is 5.73 Å². The van der Waals surface area contributed by atoms with E-state index in [2.05, 4.69) is 4.99 Å². The monoisotopic (exact) mass is 442 g/mol. The molecule has 0 saturated carbocycles. The predicted molar refractivity (Wildman–Crippen MR) is 87.1 cm³/mol. The minimum absolute atomic E-state index is 0.461. The van der Waals surface area contributed by atoms with Crippen molar-refractivity contribution in [3.63, 3.8) is 0 Å². The van der Waals surface area contributed by atoms with E-state index < -0.39 is 29.3 Å². The van der Waals surface area contributed by atoms with Crippen LogP contribution in [0.4, 0.5) is 13.2 Å². The zero-order valence-corrected chi connectivity index (χ0v) is 14.2. The number of carbonyl (C=O) groups excluding carboxylic acids is 1. The van der Waals surface area contributed by atoms with Gasteiger partial charge in [-0.15, -0.1) is 0 Å². The standard InChI is InChI=1S/C14H11ClF3IN2O/c1-7-13(12(20)22,5-4-11(21-7)14(16,17)18)8-2-3-9(15)10(19)6-8/h2-7H,1H3,(H2,20,22). The zero-order chi connectivity index (χ0) is 16.7. The molecular weight excluding hydrogens is 432 g/mol. The molecule has 0 fully saturated rings. The number of halogens is 5. The first-order valence-corrected chi connectivity index (χ1v) is 7.64. The van der Waals surface area contributed by atoms with Crippen molar-refractivity contribution in [3.05, 3.63) is 44.5 Å². The van der Waals surface area contributed by atoms with Crippen LogP contribution in [-0.4, -0.2) is 23.8 Å². The lowest BCUT2D eigenvalue weighted by molar-refractivity contribution is -0.122. The van der Waals surface area contributed by atoms with Crippen molar-refractivity contribution in [2.24, 2.45) is 10.7 Å². The van der Waals surface area contributed by atoms with Gasteiger partial charge in [0.25, 0.3) is 0 Å². The highest BCUT2D eigenvalue weighted by Crippen LogP contribution is 2.37. The fourth-order valence-electron chi connectivity index (χ4n) is 2.39. The maximum Gasteiger partial charge on any atom is 0.432 e. The van der Waals surface area contributed by atoms with Gasteiger partial charge in [0.2, 0.25) is 5.91 Å². The second-order valence-electron chi connectivity index (χ2n) is 4.88. The van der Waals surface area contributed by atoms with Crippen molar-refractivity contribution < 1.29 is 18.0 Å². The van der Waals surface area contributed by atoms with Gasteiger partial charge in [-0.2, -0.15) is 13.2 Å². The number of allylic oxidation sites excluding steroid dienone is 1. The van der Waals surface area contributed by atoms with E-state index >= 15 is 0 Å². The summed E-state index contributed by atoms with van der Waals surface area (Å²) in [6.45, 7) is 1.43. The second kappa shape index (κ2) is 5.84. The fourth-order valence-corrected chi connectivity index (χ4v) is 3.02. The Morgan fingerprint density at radius 2 is 2.09 bits per heavy atom. The van der Waals surface area contributed by atoms with Crippen LogP contribution in [0.2, 0.25) is 5.02 Å². The molecule has 22 heavy (non-hydrogen) atoms. The first-order chi connectivity index (χ1) is 10.1. The van der Waals surface area contributed by atoms with E-state index in [1.807, 2.05) is 22.6 Å². The number of alkyl halides is 3. The molecule has 1 aromatic rings. The summed E-state index contributed by atoms with van der Waals surface area (Å²) in [5.41, 5.74) is 3.49. The third-order valence-electron chi connectivity index (χ3n) is 3.59. The van der Waals surface area contributed by atoms with Crippen LogP contribution in [0.1, 0.15) is 12.5 Å². The Morgan fingerprint density at radius 3 is 2.55 bits per heavy atom. The van der Waals surface area contributed by atoms with E-state index in [1.165, 1.54) is 13.0 Å². The second-order valence-corrected chi connectivity index (χ2v) is 6.45. The van der Waals surface area contributed by atoms with E-state index in [4.69, 9.17) is 17.3 Å². The number of aliphatic imine (C=N–C) groups is 1. The normalized spacial score (nSPS) is 25.0.